The minimum atomic E-state index is -0.269. The van der Waals surface area contributed by atoms with Gasteiger partial charge in [0.05, 0.1) is 10.2 Å². The number of aromatic nitrogens is 1. The largest absolute Gasteiger partial charge is 0.431 e. The van der Waals surface area contributed by atoms with E-state index in [2.05, 4.69) is 4.98 Å². The highest BCUT2D eigenvalue weighted by Gasteiger charge is 2.06. The van der Waals surface area contributed by atoms with Crippen molar-refractivity contribution < 1.29 is 9.13 Å². The fraction of sp³-hybridized carbons (Fsp3) is 0.0714. The minimum Gasteiger partial charge on any atom is -0.431 e. The summed E-state index contributed by atoms with van der Waals surface area (Å²) in [6.45, 7) is 0.501. The van der Waals surface area contributed by atoms with Crippen LogP contribution in [0.4, 0.5) is 4.39 Å². The molecule has 0 fully saturated rings. The molecule has 3 nitrogen and oxygen atoms in total. The van der Waals surface area contributed by atoms with Crippen molar-refractivity contribution in [3.8, 4) is 10.9 Å². The Hall–Kier alpha value is -1.98. The highest BCUT2D eigenvalue weighted by molar-refractivity contribution is 7.20. The molecule has 2 aromatic carbocycles. The Morgan fingerprint density at radius 2 is 1.95 bits per heavy atom. The van der Waals surface area contributed by atoms with Gasteiger partial charge >= 0.3 is 0 Å². The number of hydrogen-bond acceptors (Lipinski definition) is 4. The summed E-state index contributed by atoms with van der Waals surface area (Å²) in [5.41, 5.74) is 7.31. The minimum absolute atomic E-state index is 0.269. The molecule has 0 aliphatic carbocycles. The summed E-state index contributed by atoms with van der Waals surface area (Å²) in [7, 11) is 0. The second kappa shape index (κ2) is 4.95. The lowest BCUT2D eigenvalue weighted by molar-refractivity contribution is 0.480. The lowest BCUT2D eigenvalue weighted by atomic mass is 10.2. The smallest absolute Gasteiger partial charge is 0.279 e. The van der Waals surface area contributed by atoms with Gasteiger partial charge in [-0.3, -0.25) is 0 Å². The van der Waals surface area contributed by atoms with Crippen LogP contribution in [0.25, 0.3) is 10.2 Å². The third kappa shape index (κ3) is 2.57. The van der Waals surface area contributed by atoms with Gasteiger partial charge in [0.1, 0.15) is 11.6 Å². The first-order valence-electron chi connectivity index (χ1n) is 5.77. The first kappa shape index (κ1) is 12.1. The molecule has 2 N–H and O–H groups in total. The Balaban J connectivity index is 1.87. The lowest BCUT2D eigenvalue weighted by Gasteiger charge is -2.02. The maximum Gasteiger partial charge on any atom is 0.279 e. The van der Waals surface area contributed by atoms with E-state index >= 15 is 0 Å². The number of nitrogens with zero attached hydrogens (tertiary/aromatic N) is 1. The zero-order valence-electron chi connectivity index (χ0n) is 9.97. The number of hydrogen-bond donors (Lipinski definition) is 1. The van der Waals surface area contributed by atoms with Crippen LogP contribution in [0.3, 0.4) is 0 Å². The van der Waals surface area contributed by atoms with Crippen molar-refractivity contribution in [3.63, 3.8) is 0 Å². The monoisotopic (exact) mass is 274 g/mol. The standard InChI is InChI=1S/C14H11FN2OS/c15-10-3-6-12-13(7-10)19-14(17-12)18-11-4-1-9(8-16)2-5-11/h1-7H,8,16H2. The molecule has 0 atom stereocenters. The first-order valence-corrected chi connectivity index (χ1v) is 6.59. The predicted octanol–water partition coefficient (Wildman–Crippen LogP) is 3.69. The van der Waals surface area contributed by atoms with E-state index in [0.29, 0.717) is 17.5 Å². The highest BCUT2D eigenvalue weighted by Crippen LogP contribution is 2.31. The van der Waals surface area contributed by atoms with E-state index in [1.54, 1.807) is 6.07 Å². The molecule has 0 amide bonds. The topological polar surface area (TPSA) is 48.1 Å². The summed E-state index contributed by atoms with van der Waals surface area (Å²) < 4.78 is 19.5. The van der Waals surface area contributed by atoms with Crippen LogP contribution < -0.4 is 10.5 Å². The maximum atomic E-state index is 13.1. The normalized spacial score (nSPS) is 10.8. The molecule has 3 aromatic rings. The highest BCUT2D eigenvalue weighted by atomic mass is 32.1. The fourth-order valence-corrected chi connectivity index (χ4v) is 2.58. The SMILES string of the molecule is NCc1ccc(Oc2nc3ccc(F)cc3s2)cc1. The van der Waals surface area contributed by atoms with Gasteiger partial charge in [-0.05, 0) is 35.9 Å². The lowest BCUT2D eigenvalue weighted by Crippen LogP contribution is -1.95. The van der Waals surface area contributed by atoms with Gasteiger partial charge in [0, 0.05) is 6.54 Å². The van der Waals surface area contributed by atoms with Gasteiger partial charge in [-0.2, -0.15) is 0 Å². The molecule has 3 rings (SSSR count). The fourth-order valence-electron chi connectivity index (χ4n) is 1.72. The predicted molar refractivity (Wildman–Crippen MR) is 74.0 cm³/mol. The third-order valence-corrected chi connectivity index (χ3v) is 3.59. The van der Waals surface area contributed by atoms with Gasteiger partial charge in [0.25, 0.3) is 5.19 Å². The zero-order valence-corrected chi connectivity index (χ0v) is 10.8. The quantitative estimate of drug-likeness (QED) is 0.792. The molecule has 1 aromatic heterocycles. The Bertz CT molecular complexity index is 709. The van der Waals surface area contributed by atoms with E-state index in [0.717, 1.165) is 15.8 Å². The molecule has 0 unspecified atom stereocenters. The number of thiazole rings is 1. The number of rotatable bonds is 3. The van der Waals surface area contributed by atoms with Crippen LogP contribution in [-0.2, 0) is 6.54 Å². The molecule has 5 heteroatoms. The van der Waals surface area contributed by atoms with Crippen LogP contribution in [0.5, 0.6) is 10.9 Å². The molecule has 0 saturated heterocycles. The average Bonchev–Trinajstić information content (AvgIpc) is 2.81. The van der Waals surface area contributed by atoms with E-state index in [-0.39, 0.29) is 5.82 Å². The summed E-state index contributed by atoms with van der Waals surface area (Å²) in [4.78, 5) is 4.30. The number of ether oxygens (including phenoxy) is 1. The molecule has 0 aliphatic rings. The molecule has 0 spiro atoms. The molecule has 0 bridgehead atoms. The van der Waals surface area contributed by atoms with Gasteiger partial charge in [0.15, 0.2) is 0 Å². The molecular formula is C14H11FN2OS. The van der Waals surface area contributed by atoms with Crippen LogP contribution in [0, 0.1) is 5.82 Å². The van der Waals surface area contributed by atoms with Crippen molar-refractivity contribution >= 4 is 21.6 Å². The second-order valence-corrected chi connectivity index (χ2v) is 5.04. The molecule has 96 valence electrons. The van der Waals surface area contributed by atoms with Crippen molar-refractivity contribution in [2.75, 3.05) is 0 Å². The molecule has 19 heavy (non-hydrogen) atoms. The summed E-state index contributed by atoms with van der Waals surface area (Å²) in [5.74, 6) is 0.423. The summed E-state index contributed by atoms with van der Waals surface area (Å²) in [5, 5.41) is 0.501. The Morgan fingerprint density at radius 1 is 1.16 bits per heavy atom. The molecule has 0 radical (unpaired) electrons. The van der Waals surface area contributed by atoms with Crippen LogP contribution in [-0.4, -0.2) is 4.98 Å². The Labute approximate surface area is 113 Å². The van der Waals surface area contributed by atoms with E-state index in [4.69, 9.17) is 10.5 Å². The number of nitrogens with two attached hydrogens (primary N) is 1. The van der Waals surface area contributed by atoms with Gasteiger partial charge in [-0.15, -0.1) is 0 Å². The van der Waals surface area contributed by atoms with Crippen molar-refractivity contribution in [1.29, 1.82) is 0 Å². The van der Waals surface area contributed by atoms with Gasteiger partial charge in [-0.1, -0.05) is 23.5 Å². The number of fused-ring (bicyclic) bond motifs is 1. The summed E-state index contributed by atoms with van der Waals surface area (Å²) in [6.07, 6.45) is 0. The maximum absolute atomic E-state index is 13.1. The zero-order chi connectivity index (χ0) is 13.2. The number of benzene rings is 2. The first-order chi connectivity index (χ1) is 9.24. The summed E-state index contributed by atoms with van der Waals surface area (Å²) in [6, 6.07) is 12.0. The van der Waals surface area contributed by atoms with E-state index in [1.807, 2.05) is 24.3 Å². The van der Waals surface area contributed by atoms with Crippen LogP contribution in [0.15, 0.2) is 42.5 Å². The van der Waals surface area contributed by atoms with E-state index in [9.17, 15) is 4.39 Å². The van der Waals surface area contributed by atoms with Crippen molar-refractivity contribution in [2.45, 2.75) is 6.54 Å². The molecule has 1 heterocycles. The van der Waals surface area contributed by atoms with Crippen LogP contribution in [0.2, 0.25) is 0 Å². The van der Waals surface area contributed by atoms with Gasteiger partial charge in [-0.25, -0.2) is 9.37 Å². The van der Waals surface area contributed by atoms with Crippen molar-refractivity contribution in [2.24, 2.45) is 5.73 Å². The summed E-state index contributed by atoms with van der Waals surface area (Å²) >= 11 is 1.32. The Morgan fingerprint density at radius 3 is 2.68 bits per heavy atom. The van der Waals surface area contributed by atoms with Gasteiger partial charge in [0.2, 0.25) is 0 Å². The Kier molecular flexibility index (Phi) is 3.15. The second-order valence-electron chi connectivity index (χ2n) is 4.04. The van der Waals surface area contributed by atoms with Crippen molar-refractivity contribution in [1.82, 2.24) is 4.98 Å². The molecule has 0 aliphatic heterocycles. The van der Waals surface area contributed by atoms with Crippen LogP contribution in [0.1, 0.15) is 5.56 Å². The molecular weight excluding hydrogens is 263 g/mol. The molecule has 0 saturated carbocycles. The van der Waals surface area contributed by atoms with Gasteiger partial charge < -0.3 is 10.5 Å². The van der Waals surface area contributed by atoms with Crippen LogP contribution >= 0.6 is 11.3 Å². The third-order valence-electron chi connectivity index (χ3n) is 2.70. The van der Waals surface area contributed by atoms with E-state index < -0.39 is 0 Å². The number of halogens is 1. The van der Waals surface area contributed by atoms with Crippen molar-refractivity contribution in [3.05, 3.63) is 53.8 Å². The average molecular weight is 274 g/mol. The van der Waals surface area contributed by atoms with E-state index in [1.165, 1.54) is 23.5 Å².